The van der Waals surface area contributed by atoms with Gasteiger partial charge in [-0.15, -0.1) is 11.8 Å². The van der Waals surface area contributed by atoms with Crippen LogP contribution in [0.15, 0.2) is 95.5 Å². The molecule has 9 nitrogen and oxygen atoms in total. The third kappa shape index (κ3) is 8.81. The highest BCUT2D eigenvalue weighted by Crippen LogP contribution is 2.38. The molecule has 4 rings (SSSR count). The minimum absolute atomic E-state index is 0.00967. The smallest absolute Gasteiger partial charge is 0.272 e. The molecule has 0 atom stereocenters. The van der Waals surface area contributed by atoms with Gasteiger partial charge < -0.3 is 30.2 Å². The lowest BCUT2D eigenvalue weighted by Crippen LogP contribution is -2.30. The van der Waals surface area contributed by atoms with E-state index >= 15 is 0 Å². The summed E-state index contributed by atoms with van der Waals surface area (Å²) in [6, 6.07) is 24.3. The topological polar surface area (TPSA) is 115 Å². The zero-order chi connectivity index (χ0) is 32.3. The number of carbonyl (C=O) groups excluding carboxylic acids is 3. The highest BCUT2D eigenvalue weighted by atomic mass is 35.5. The van der Waals surface area contributed by atoms with Gasteiger partial charge in [-0.3, -0.25) is 14.4 Å². The van der Waals surface area contributed by atoms with Gasteiger partial charge in [-0.1, -0.05) is 35.9 Å². The van der Waals surface area contributed by atoms with Gasteiger partial charge in [0.05, 0.1) is 27.1 Å². The summed E-state index contributed by atoms with van der Waals surface area (Å²) in [5.41, 5.74) is 2.87. The van der Waals surface area contributed by atoms with Crippen molar-refractivity contribution < 1.29 is 28.6 Å². The maximum Gasteiger partial charge on any atom is 0.272 e. The average molecular weight is 646 g/mol. The van der Waals surface area contributed by atoms with Gasteiger partial charge in [0.25, 0.3) is 11.8 Å². The van der Waals surface area contributed by atoms with E-state index in [0.29, 0.717) is 44.8 Å². The van der Waals surface area contributed by atoms with Crippen LogP contribution in [-0.2, 0) is 9.59 Å². The first-order chi connectivity index (χ1) is 21.7. The van der Waals surface area contributed by atoms with Gasteiger partial charge in [0.15, 0.2) is 11.5 Å². The summed E-state index contributed by atoms with van der Waals surface area (Å²) in [5.74, 6) is 0.186. The predicted octanol–water partition coefficient (Wildman–Crippen LogP) is 6.81. The van der Waals surface area contributed by atoms with Crippen LogP contribution in [0.5, 0.6) is 17.2 Å². The Balaban J connectivity index is 1.49. The third-order valence-corrected chi connectivity index (χ3v) is 7.97. The van der Waals surface area contributed by atoms with E-state index in [0.717, 1.165) is 10.5 Å². The van der Waals surface area contributed by atoms with Crippen molar-refractivity contribution in [2.75, 3.05) is 37.7 Å². The van der Waals surface area contributed by atoms with E-state index in [9.17, 15) is 14.4 Å². The van der Waals surface area contributed by atoms with Crippen LogP contribution in [-0.4, -0.2) is 44.8 Å². The molecule has 11 heteroatoms. The highest BCUT2D eigenvalue weighted by Gasteiger charge is 2.18. The predicted molar refractivity (Wildman–Crippen MR) is 179 cm³/mol. The van der Waals surface area contributed by atoms with E-state index in [2.05, 4.69) is 16.0 Å². The first-order valence-corrected chi connectivity index (χ1v) is 15.1. The minimum atomic E-state index is -0.551. The summed E-state index contributed by atoms with van der Waals surface area (Å²) in [6.07, 6.45) is 1.52. The number of ether oxygens (including phenoxy) is 3. The molecule has 232 valence electrons. The fourth-order valence-corrected chi connectivity index (χ4v) is 5.08. The summed E-state index contributed by atoms with van der Waals surface area (Å²) in [6.45, 7) is 1.84. The number of hydrogen-bond donors (Lipinski definition) is 3. The van der Waals surface area contributed by atoms with Crippen molar-refractivity contribution in [2.45, 2.75) is 11.8 Å². The van der Waals surface area contributed by atoms with Crippen LogP contribution < -0.4 is 30.2 Å². The molecule has 0 heterocycles. The number of hydrogen-bond acceptors (Lipinski definition) is 7. The van der Waals surface area contributed by atoms with Crippen LogP contribution in [0.1, 0.15) is 21.5 Å². The van der Waals surface area contributed by atoms with Crippen LogP contribution in [0, 0.1) is 6.92 Å². The van der Waals surface area contributed by atoms with Crippen LogP contribution >= 0.6 is 23.4 Å². The number of rotatable bonds is 12. The molecular weight excluding hydrogens is 614 g/mol. The molecule has 3 amide bonds. The quantitative estimate of drug-likeness (QED) is 0.114. The molecule has 0 radical (unpaired) electrons. The van der Waals surface area contributed by atoms with Gasteiger partial charge in [-0.05, 0) is 84.8 Å². The molecule has 3 N–H and O–H groups in total. The molecule has 0 aliphatic carbocycles. The molecule has 0 aromatic heterocycles. The largest absolute Gasteiger partial charge is 0.493 e. The molecule has 0 aliphatic rings. The van der Waals surface area contributed by atoms with Crippen molar-refractivity contribution in [3.05, 3.63) is 112 Å². The molecule has 0 fully saturated rings. The van der Waals surface area contributed by atoms with Gasteiger partial charge in [0.1, 0.15) is 5.70 Å². The minimum Gasteiger partial charge on any atom is -0.493 e. The van der Waals surface area contributed by atoms with Crippen molar-refractivity contribution in [3.8, 4) is 17.2 Å². The third-order valence-electron chi connectivity index (χ3n) is 6.55. The van der Waals surface area contributed by atoms with E-state index in [1.807, 2.05) is 6.92 Å². The second-order valence-corrected chi connectivity index (χ2v) is 11.0. The van der Waals surface area contributed by atoms with Gasteiger partial charge in [0, 0.05) is 26.9 Å². The van der Waals surface area contributed by atoms with Gasteiger partial charge in [-0.2, -0.15) is 0 Å². The fourth-order valence-electron chi connectivity index (χ4n) is 4.20. The average Bonchev–Trinajstić information content (AvgIpc) is 3.06. The molecule has 0 bridgehead atoms. The van der Waals surface area contributed by atoms with Crippen molar-refractivity contribution in [1.29, 1.82) is 0 Å². The summed E-state index contributed by atoms with van der Waals surface area (Å²) in [4.78, 5) is 39.8. The number of methoxy groups -OCH3 is 3. The van der Waals surface area contributed by atoms with E-state index in [-0.39, 0.29) is 17.4 Å². The number of thioether (sulfide) groups is 1. The molecule has 4 aromatic carbocycles. The summed E-state index contributed by atoms with van der Waals surface area (Å²) in [7, 11) is 4.48. The van der Waals surface area contributed by atoms with E-state index < -0.39 is 11.8 Å². The zero-order valence-electron chi connectivity index (χ0n) is 25.1. The lowest BCUT2D eigenvalue weighted by atomic mass is 10.1. The number of anilines is 2. The SMILES string of the molecule is COc1cc(/C=C(\NC(=O)c2ccccc2)C(=O)Nc2ccc(SCC(=O)Nc3cccc(Cl)c3C)cc2)cc(OC)c1OC. The van der Waals surface area contributed by atoms with Crippen LogP contribution in [0.2, 0.25) is 5.02 Å². The first kappa shape index (κ1) is 33.0. The first-order valence-electron chi connectivity index (χ1n) is 13.7. The second-order valence-electron chi connectivity index (χ2n) is 9.56. The zero-order valence-corrected chi connectivity index (χ0v) is 26.7. The number of benzene rings is 4. The Morgan fingerprint density at radius 2 is 1.49 bits per heavy atom. The molecule has 0 saturated heterocycles. The fraction of sp³-hybridized carbons (Fsp3) is 0.147. The van der Waals surface area contributed by atoms with E-state index in [1.54, 1.807) is 84.9 Å². The second kappa shape index (κ2) is 15.7. The number of carbonyl (C=O) groups is 3. The lowest BCUT2D eigenvalue weighted by molar-refractivity contribution is -0.114. The standard InChI is InChI=1S/C34H32ClN3O6S/c1-21-26(35)11-8-12-27(21)37-31(39)20-45-25-15-13-24(14-16-25)36-34(41)28(38-33(40)23-9-6-5-7-10-23)17-22-18-29(42-2)32(44-4)30(19-22)43-3/h5-19H,20H2,1-4H3,(H,36,41)(H,37,39)(H,38,40)/b28-17-. The molecular formula is C34H32ClN3O6S. The molecule has 4 aromatic rings. The molecule has 45 heavy (non-hydrogen) atoms. The summed E-state index contributed by atoms with van der Waals surface area (Å²) < 4.78 is 16.3. The Morgan fingerprint density at radius 3 is 2.11 bits per heavy atom. The van der Waals surface area contributed by atoms with Crippen molar-refractivity contribution in [1.82, 2.24) is 5.32 Å². The maximum atomic E-state index is 13.5. The molecule has 0 unspecified atom stereocenters. The normalized spacial score (nSPS) is 10.9. The Hall–Kier alpha value is -4.93. The van der Waals surface area contributed by atoms with Crippen LogP contribution in [0.4, 0.5) is 11.4 Å². The number of halogens is 1. The van der Waals surface area contributed by atoms with E-state index in [4.69, 9.17) is 25.8 Å². The lowest BCUT2D eigenvalue weighted by Gasteiger charge is -2.15. The highest BCUT2D eigenvalue weighted by molar-refractivity contribution is 8.00. The van der Waals surface area contributed by atoms with E-state index in [1.165, 1.54) is 39.2 Å². The van der Waals surface area contributed by atoms with Crippen molar-refractivity contribution in [2.24, 2.45) is 0 Å². The van der Waals surface area contributed by atoms with Gasteiger partial charge in [0.2, 0.25) is 11.7 Å². The Kier molecular flexibility index (Phi) is 11.5. The van der Waals surface area contributed by atoms with Gasteiger partial charge in [-0.25, -0.2) is 0 Å². The monoisotopic (exact) mass is 645 g/mol. The van der Waals surface area contributed by atoms with Gasteiger partial charge >= 0.3 is 0 Å². The molecule has 0 saturated carbocycles. The maximum absolute atomic E-state index is 13.5. The Morgan fingerprint density at radius 1 is 0.822 bits per heavy atom. The summed E-state index contributed by atoms with van der Waals surface area (Å²) >= 11 is 7.49. The molecule has 0 spiro atoms. The van der Waals surface area contributed by atoms with Crippen LogP contribution in [0.25, 0.3) is 6.08 Å². The molecule has 0 aliphatic heterocycles. The Labute approximate surface area is 270 Å². The number of nitrogens with one attached hydrogen (secondary N) is 3. The Bertz CT molecular complexity index is 1690. The van der Waals surface area contributed by atoms with Crippen molar-refractivity contribution in [3.63, 3.8) is 0 Å². The number of amides is 3. The summed E-state index contributed by atoms with van der Waals surface area (Å²) in [5, 5.41) is 9.00. The van der Waals surface area contributed by atoms with Crippen LogP contribution in [0.3, 0.4) is 0 Å². The van der Waals surface area contributed by atoms with Crippen molar-refractivity contribution >= 4 is 58.5 Å².